The Morgan fingerprint density at radius 2 is 2.16 bits per heavy atom. The number of hydrogen-bond donors (Lipinski definition) is 1. The zero-order valence-electron chi connectivity index (χ0n) is 10.1. The molecule has 0 atom stereocenters. The number of carbonyl (C=O) groups is 1. The number of nitriles is 1. The van der Waals surface area contributed by atoms with Crippen molar-refractivity contribution >= 4 is 28.1 Å². The molecule has 0 aliphatic carbocycles. The van der Waals surface area contributed by atoms with Crippen LogP contribution in [-0.4, -0.2) is 17.4 Å². The molecule has 0 bridgehead atoms. The van der Waals surface area contributed by atoms with Gasteiger partial charge in [0.05, 0.1) is 12.5 Å². The number of rotatable bonds is 4. The van der Waals surface area contributed by atoms with E-state index in [-0.39, 0.29) is 12.3 Å². The van der Waals surface area contributed by atoms with Gasteiger partial charge in [-0.05, 0) is 12.1 Å². The number of benzene rings is 1. The molecular formula is C13H12N4OS. The second kappa shape index (κ2) is 5.98. The molecule has 2 N–H and O–H groups in total. The molecule has 96 valence electrons. The number of thiazole rings is 1. The van der Waals surface area contributed by atoms with Gasteiger partial charge in [-0.3, -0.25) is 4.79 Å². The van der Waals surface area contributed by atoms with E-state index in [1.165, 1.54) is 16.2 Å². The number of para-hydroxylation sites is 1. The van der Waals surface area contributed by atoms with E-state index >= 15 is 0 Å². The number of anilines is 2. The predicted molar refractivity (Wildman–Crippen MR) is 74.9 cm³/mol. The van der Waals surface area contributed by atoms with Crippen molar-refractivity contribution in [2.24, 2.45) is 0 Å². The number of carbonyl (C=O) groups excluding carboxylic acids is 1. The van der Waals surface area contributed by atoms with Crippen LogP contribution in [0.5, 0.6) is 0 Å². The largest absolute Gasteiger partial charge is 0.375 e. The molecule has 2 aromatic rings. The number of nitrogens with two attached hydrogens (primary N) is 1. The first-order valence-corrected chi connectivity index (χ1v) is 6.55. The molecule has 2 rings (SSSR count). The lowest BCUT2D eigenvalue weighted by molar-refractivity contribution is 0.0983. The normalized spacial score (nSPS) is 9.84. The monoisotopic (exact) mass is 272 g/mol. The molecule has 1 aromatic heterocycles. The van der Waals surface area contributed by atoms with Crippen molar-refractivity contribution < 1.29 is 4.79 Å². The highest BCUT2D eigenvalue weighted by atomic mass is 32.1. The van der Waals surface area contributed by atoms with Crippen LogP contribution in [0, 0.1) is 11.3 Å². The molecule has 0 saturated heterocycles. The lowest BCUT2D eigenvalue weighted by atomic mass is 10.2. The van der Waals surface area contributed by atoms with Gasteiger partial charge < -0.3 is 10.6 Å². The van der Waals surface area contributed by atoms with Crippen molar-refractivity contribution in [3.63, 3.8) is 0 Å². The third kappa shape index (κ3) is 3.09. The van der Waals surface area contributed by atoms with Gasteiger partial charge in [-0.15, -0.1) is 11.3 Å². The first kappa shape index (κ1) is 13.1. The summed E-state index contributed by atoms with van der Waals surface area (Å²) in [4.78, 5) is 17.9. The fourth-order valence-corrected chi connectivity index (χ4v) is 2.18. The van der Waals surface area contributed by atoms with Gasteiger partial charge in [0.25, 0.3) is 5.91 Å². The number of hydrogen-bond acceptors (Lipinski definition) is 5. The van der Waals surface area contributed by atoms with Gasteiger partial charge in [0, 0.05) is 17.6 Å². The quantitative estimate of drug-likeness (QED) is 0.925. The molecule has 0 radical (unpaired) electrons. The van der Waals surface area contributed by atoms with E-state index in [0.29, 0.717) is 17.4 Å². The Bertz CT molecular complexity index is 603. The maximum absolute atomic E-state index is 12.4. The number of nitrogen functional groups attached to an aromatic ring is 1. The summed E-state index contributed by atoms with van der Waals surface area (Å²) in [7, 11) is 0. The second-order valence-electron chi connectivity index (χ2n) is 3.77. The minimum Gasteiger partial charge on any atom is -0.375 e. The summed E-state index contributed by atoms with van der Waals surface area (Å²) in [5.41, 5.74) is 6.59. The number of nitrogens with zero attached hydrogens (tertiary/aromatic N) is 3. The lowest BCUT2D eigenvalue weighted by Gasteiger charge is -2.20. The van der Waals surface area contributed by atoms with E-state index < -0.39 is 0 Å². The smallest absolute Gasteiger partial charge is 0.277 e. The van der Waals surface area contributed by atoms with Crippen LogP contribution in [0.4, 0.5) is 10.8 Å². The Morgan fingerprint density at radius 1 is 1.42 bits per heavy atom. The van der Waals surface area contributed by atoms with Crippen LogP contribution in [-0.2, 0) is 0 Å². The number of aromatic nitrogens is 1. The van der Waals surface area contributed by atoms with Crippen LogP contribution < -0.4 is 10.6 Å². The Balaban J connectivity index is 2.28. The maximum atomic E-state index is 12.4. The third-order valence-corrected chi connectivity index (χ3v) is 3.18. The predicted octanol–water partition coefficient (Wildman–Crippen LogP) is 2.29. The first-order valence-electron chi connectivity index (χ1n) is 5.67. The zero-order chi connectivity index (χ0) is 13.7. The summed E-state index contributed by atoms with van der Waals surface area (Å²) in [6, 6.07) is 11.3. The SMILES string of the molecule is N#CCCN(C(=O)c1csc(N)n1)c1ccccc1. The highest BCUT2D eigenvalue weighted by Crippen LogP contribution is 2.19. The van der Waals surface area contributed by atoms with Gasteiger partial charge in [-0.1, -0.05) is 18.2 Å². The van der Waals surface area contributed by atoms with E-state index in [1.54, 1.807) is 5.38 Å². The Labute approximate surface area is 114 Å². The van der Waals surface area contributed by atoms with E-state index in [2.05, 4.69) is 4.98 Å². The molecule has 0 aliphatic rings. The van der Waals surface area contributed by atoms with Crippen LogP contribution in [0.15, 0.2) is 35.7 Å². The lowest BCUT2D eigenvalue weighted by Crippen LogP contribution is -2.32. The molecule has 0 spiro atoms. The molecule has 1 heterocycles. The summed E-state index contributed by atoms with van der Waals surface area (Å²) in [5, 5.41) is 10.7. The standard InChI is InChI=1S/C13H12N4OS/c14-7-4-8-17(10-5-2-1-3-6-10)12(18)11-9-19-13(15)16-11/h1-3,5-6,9H,4,8H2,(H2,15,16). The fourth-order valence-electron chi connectivity index (χ4n) is 1.64. The Morgan fingerprint density at radius 3 is 2.74 bits per heavy atom. The summed E-state index contributed by atoms with van der Waals surface area (Å²) >= 11 is 1.22. The molecule has 0 aliphatic heterocycles. The molecule has 1 aromatic carbocycles. The van der Waals surface area contributed by atoms with Crippen molar-refractivity contribution in [2.45, 2.75) is 6.42 Å². The van der Waals surface area contributed by atoms with Gasteiger partial charge >= 0.3 is 0 Å². The molecular weight excluding hydrogens is 260 g/mol. The molecule has 0 fully saturated rings. The van der Waals surface area contributed by atoms with Crippen LogP contribution in [0.1, 0.15) is 16.9 Å². The fraction of sp³-hybridized carbons (Fsp3) is 0.154. The van der Waals surface area contributed by atoms with Crippen LogP contribution >= 0.6 is 11.3 Å². The van der Waals surface area contributed by atoms with E-state index in [1.807, 2.05) is 36.4 Å². The third-order valence-electron chi connectivity index (χ3n) is 2.50. The summed E-state index contributed by atoms with van der Waals surface area (Å²) in [6.07, 6.45) is 0.264. The van der Waals surface area contributed by atoms with Crippen LogP contribution in [0.3, 0.4) is 0 Å². The highest BCUT2D eigenvalue weighted by molar-refractivity contribution is 7.13. The van der Waals surface area contributed by atoms with Crippen LogP contribution in [0.2, 0.25) is 0 Å². The number of amides is 1. The van der Waals surface area contributed by atoms with Crippen molar-refractivity contribution in [1.29, 1.82) is 5.26 Å². The molecule has 0 saturated carbocycles. The van der Waals surface area contributed by atoms with E-state index in [9.17, 15) is 4.79 Å². The second-order valence-corrected chi connectivity index (χ2v) is 4.66. The van der Waals surface area contributed by atoms with Gasteiger partial charge in [0.15, 0.2) is 5.13 Å². The Hall–Kier alpha value is -2.39. The van der Waals surface area contributed by atoms with Gasteiger partial charge in [0.1, 0.15) is 5.69 Å². The van der Waals surface area contributed by atoms with Crippen LogP contribution in [0.25, 0.3) is 0 Å². The van der Waals surface area contributed by atoms with Crippen molar-refractivity contribution in [2.75, 3.05) is 17.2 Å². The first-order chi connectivity index (χ1) is 9.22. The highest BCUT2D eigenvalue weighted by Gasteiger charge is 2.19. The topological polar surface area (TPSA) is 83.0 Å². The van der Waals surface area contributed by atoms with E-state index in [0.717, 1.165) is 5.69 Å². The van der Waals surface area contributed by atoms with Crippen molar-refractivity contribution in [1.82, 2.24) is 4.98 Å². The molecule has 0 unspecified atom stereocenters. The maximum Gasteiger partial charge on any atom is 0.277 e. The molecule has 6 heteroatoms. The molecule has 5 nitrogen and oxygen atoms in total. The summed E-state index contributed by atoms with van der Waals surface area (Å²) in [5.74, 6) is -0.241. The van der Waals surface area contributed by atoms with Crippen molar-refractivity contribution in [3.8, 4) is 6.07 Å². The summed E-state index contributed by atoms with van der Waals surface area (Å²) < 4.78 is 0. The molecule has 19 heavy (non-hydrogen) atoms. The summed E-state index contributed by atoms with van der Waals surface area (Å²) in [6.45, 7) is 0.330. The Kier molecular flexibility index (Phi) is 4.11. The van der Waals surface area contributed by atoms with Gasteiger partial charge in [-0.25, -0.2) is 4.98 Å². The van der Waals surface area contributed by atoms with Gasteiger partial charge in [0.2, 0.25) is 0 Å². The minimum atomic E-state index is -0.241. The van der Waals surface area contributed by atoms with Crippen molar-refractivity contribution in [3.05, 3.63) is 41.4 Å². The zero-order valence-corrected chi connectivity index (χ0v) is 10.9. The van der Waals surface area contributed by atoms with E-state index in [4.69, 9.17) is 11.0 Å². The molecule has 1 amide bonds. The van der Waals surface area contributed by atoms with Gasteiger partial charge in [-0.2, -0.15) is 5.26 Å². The minimum absolute atomic E-state index is 0.241. The average molecular weight is 272 g/mol. The average Bonchev–Trinajstić information content (AvgIpc) is 2.87.